The van der Waals surface area contributed by atoms with Gasteiger partial charge in [0, 0.05) is 31.0 Å². The van der Waals surface area contributed by atoms with E-state index in [0.717, 1.165) is 24.2 Å². The zero-order valence-corrected chi connectivity index (χ0v) is 13.6. The maximum atomic E-state index is 12.3. The highest BCUT2D eigenvalue weighted by Gasteiger charge is 2.11. The standard InChI is InChI=1S/C19H24N2O/c1-15(2)16-8-6-11-18(14-16)21(3)19(22)12-7-10-17-9-4-5-13-20-17/h4-6,8-9,11,13-15H,7,10,12H2,1-3H3. The van der Waals surface area contributed by atoms with E-state index >= 15 is 0 Å². The summed E-state index contributed by atoms with van der Waals surface area (Å²) in [6, 6.07) is 14.1. The number of hydrogen-bond acceptors (Lipinski definition) is 2. The summed E-state index contributed by atoms with van der Waals surface area (Å²) in [7, 11) is 1.85. The van der Waals surface area contributed by atoms with Crippen LogP contribution in [0.15, 0.2) is 48.7 Å². The Bertz CT molecular complexity index is 608. The number of aromatic nitrogens is 1. The van der Waals surface area contributed by atoms with Gasteiger partial charge in [-0.25, -0.2) is 0 Å². The summed E-state index contributed by atoms with van der Waals surface area (Å²) in [6.45, 7) is 4.32. The predicted octanol–water partition coefficient (Wildman–Crippen LogP) is 4.19. The molecule has 0 atom stereocenters. The molecule has 1 aromatic heterocycles. The predicted molar refractivity (Wildman–Crippen MR) is 91.1 cm³/mol. The van der Waals surface area contributed by atoms with E-state index < -0.39 is 0 Å². The lowest BCUT2D eigenvalue weighted by atomic mass is 10.0. The first-order valence-corrected chi connectivity index (χ1v) is 7.84. The molecule has 0 bridgehead atoms. The van der Waals surface area contributed by atoms with Crippen LogP contribution in [0.2, 0.25) is 0 Å². The molecule has 1 heterocycles. The van der Waals surface area contributed by atoms with Crippen LogP contribution in [0.1, 0.15) is 43.9 Å². The summed E-state index contributed by atoms with van der Waals surface area (Å²) in [5.41, 5.74) is 3.26. The second-order valence-corrected chi connectivity index (χ2v) is 5.88. The summed E-state index contributed by atoms with van der Waals surface area (Å²) in [5.74, 6) is 0.615. The molecule has 0 saturated heterocycles. The average Bonchev–Trinajstić information content (AvgIpc) is 2.55. The molecule has 3 nitrogen and oxygen atoms in total. The molecule has 1 amide bonds. The molecule has 0 spiro atoms. The number of hydrogen-bond donors (Lipinski definition) is 0. The van der Waals surface area contributed by atoms with Crippen LogP contribution in [0.25, 0.3) is 0 Å². The van der Waals surface area contributed by atoms with Crippen LogP contribution >= 0.6 is 0 Å². The van der Waals surface area contributed by atoms with Crippen molar-refractivity contribution in [1.82, 2.24) is 4.98 Å². The maximum absolute atomic E-state index is 12.3. The molecule has 0 fully saturated rings. The molecular weight excluding hydrogens is 272 g/mol. The van der Waals surface area contributed by atoms with E-state index in [9.17, 15) is 4.79 Å². The van der Waals surface area contributed by atoms with Gasteiger partial charge in [-0.2, -0.15) is 0 Å². The van der Waals surface area contributed by atoms with Crippen LogP contribution in [0, 0.1) is 0 Å². The first kappa shape index (κ1) is 16.2. The Morgan fingerprint density at radius 3 is 2.68 bits per heavy atom. The fraction of sp³-hybridized carbons (Fsp3) is 0.368. The lowest BCUT2D eigenvalue weighted by molar-refractivity contribution is -0.118. The number of pyridine rings is 1. The molecule has 0 radical (unpaired) electrons. The third-order valence-electron chi connectivity index (χ3n) is 3.85. The van der Waals surface area contributed by atoms with E-state index in [1.54, 1.807) is 11.1 Å². The molecule has 22 heavy (non-hydrogen) atoms. The molecular formula is C19H24N2O. The number of amides is 1. The van der Waals surface area contributed by atoms with Crippen molar-refractivity contribution < 1.29 is 4.79 Å². The van der Waals surface area contributed by atoms with Crippen molar-refractivity contribution in [2.75, 3.05) is 11.9 Å². The molecule has 2 aromatic rings. The molecule has 2 rings (SSSR count). The third kappa shape index (κ3) is 4.42. The molecule has 0 N–H and O–H groups in total. The normalized spacial score (nSPS) is 10.7. The van der Waals surface area contributed by atoms with E-state index in [1.165, 1.54) is 5.56 Å². The lowest BCUT2D eigenvalue weighted by Crippen LogP contribution is -2.26. The van der Waals surface area contributed by atoms with Crippen LogP contribution in [-0.2, 0) is 11.2 Å². The van der Waals surface area contributed by atoms with Crippen molar-refractivity contribution in [3.8, 4) is 0 Å². The minimum absolute atomic E-state index is 0.150. The molecule has 116 valence electrons. The van der Waals surface area contributed by atoms with Gasteiger partial charge in [0.25, 0.3) is 0 Å². The molecule has 0 aliphatic rings. The largest absolute Gasteiger partial charge is 0.315 e. The van der Waals surface area contributed by atoms with Gasteiger partial charge in [0.05, 0.1) is 0 Å². The van der Waals surface area contributed by atoms with Crippen LogP contribution in [0.4, 0.5) is 5.69 Å². The van der Waals surface area contributed by atoms with E-state index in [-0.39, 0.29) is 5.91 Å². The Hall–Kier alpha value is -2.16. The SMILES string of the molecule is CC(C)c1cccc(N(C)C(=O)CCCc2ccccn2)c1. The van der Waals surface area contributed by atoms with Crippen molar-refractivity contribution in [1.29, 1.82) is 0 Å². The average molecular weight is 296 g/mol. The van der Waals surface area contributed by atoms with Gasteiger partial charge in [-0.15, -0.1) is 0 Å². The number of benzene rings is 1. The van der Waals surface area contributed by atoms with Gasteiger partial charge >= 0.3 is 0 Å². The van der Waals surface area contributed by atoms with Gasteiger partial charge < -0.3 is 4.90 Å². The van der Waals surface area contributed by atoms with E-state index in [1.807, 2.05) is 37.4 Å². The minimum atomic E-state index is 0.150. The van der Waals surface area contributed by atoms with E-state index in [2.05, 4.69) is 31.0 Å². The van der Waals surface area contributed by atoms with Crippen molar-refractivity contribution in [2.24, 2.45) is 0 Å². The van der Waals surface area contributed by atoms with Gasteiger partial charge in [0.2, 0.25) is 5.91 Å². The third-order valence-corrected chi connectivity index (χ3v) is 3.85. The Labute approximate surface area is 133 Å². The molecule has 0 aliphatic heterocycles. The smallest absolute Gasteiger partial charge is 0.226 e. The van der Waals surface area contributed by atoms with Crippen LogP contribution < -0.4 is 4.90 Å². The van der Waals surface area contributed by atoms with Crippen LogP contribution in [-0.4, -0.2) is 17.9 Å². The zero-order chi connectivity index (χ0) is 15.9. The summed E-state index contributed by atoms with van der Waals surface area (Å²) in [5, 5.41) is 0. The molecule has 1 aromatic carbocycles. The summed E-state index contributed by atoms with van der Waals surface area (Å²) < 4.78 is 0. The number of carbonyl (C=O) groups excluding carboxylic acids is 1. The van der Waals surface area contributed by atoms with E-state index in [4.69, 9.17) is 0 Å². The number of carbonyl (C=O) groups is 1. The zero-order valence-electron chi connectivity index (χ0n) is 13.6. The fourth-order valence-electron chi connectivity index (χ4n) is 2.37. The molecule has 0 aliphatic carbocycles. The Morgan fingerprint density at radius 1 is 1.18 bits per heavy atom. The highest BCUT2D eigenvalue weighted by molar-refractivity contribution is 5.92. The van der Waals surface area contributed by atoms with Crippen LogP contribution in [0.3, 0.4) is 0 Å². The van der Waals surface area contributed by atoms with Gasteiger partial charge in [0.15, 0.2) is 0 Å². The van der Waals surface area contributed by atoms with Crippen LogP contribution in [0.5, 0.6) is 0 Å². The lowest BCUT2D eigenvalue weighted by Gasteiger charge is -2.19. The van der Waals surface area contributed by atoms with Crippen molar-refractivity contribution in [3.63, 3.8) is 0 Å². The second kappa shape index (κ2) is 7.74. The van der Waals surface area contributed by atoms with Crippen molar-refractivity contribution in [2.45, 2.75) is 39.0 Å². The second-order valence-electron chi connectivity index (χ2n) is 5.88. The summed E-state index contributed by atoms with van der Waals surface area (Å²) >= 11 is 0. The minimum Gasteiger partial charge on any atom is -0.315 e. The van der Waals surface area contributed by atoms with Crippen molar-refractivity contribution in [3.05, 3.63) is 59.9 Å². The fourth-order valence-corrected chi connectivity index (χ4v) is 2.37. The van der Waals surface area contributed by atoms with Gasteiger partial charge in [-0.1, -0.05) is 32.0 Å². The maximum Gasteiger partial charge on any atom is 0.226 e. The number of nitrogens with zero attached hydrogens (tertiary/aromatic N) is 2. The first-order chi connectivity index (χ1) is 10.6. The topological polar surface area (TPSA) is 33.2 Å². The summed E-state index contributed by atoms with van der Waals surface area (Å²) in [4.78, 5) is 18.4. The number of aryl methyl sites for hydroxylation is 1. The Kier molecular flexibility index (Phi) is 5.70. The highest BCUT2D eigenvalue weighted by atomic mass is 16.2. The highest BCUT2D eigenvalue weighted by Crippen LogP contribution is 2.21. The Balaban J connectivity index is 1.90. The van der Waals surface area contributed by atoms with E-state index in [0.29, 0.717) is 12.3 Å². The molecule has 3 heteroatoms. The molecule has 0 unspecified atom stereocenters. The van der Waals surface area contributed by atoms with Gasteiger partial charge in [0.1, 0.15) is 0 Å². The number of anilines is 1. The van der Waals surface area contributed by atoms with Gasteiger partial charge in [-0.3, -0.25) is 9.78 Å². The monoisotopic (exact) mass is 296 g/mol. The Morgan fingerprint density at radius 2 is 2.00 bits per heavy atom. The number of rotatable bonds is 6. The quantitative estimate of drug-likeness (QED) is 0.800. The van der Waals surface area contributed by atoms with Crippen molar-refractivity contribution >= 4 is 11.6 Å². The summed E-state index contributed by atoms with van der Waals surface area (Å²) in [6.07, 6.45) is 4.00. The first-order valence-electron chi connectivity index (χ1n) is 7.84. The molecule has 0 saturated carbocycles. The van der Waals surface area contributed by atoms with Gasteiger partial charge in [-0.05, 0) is 48.6 Å².